The maximum absolute atomic E-state index is 11.9. The SMILES string of the molecule is COc1ccc(C)cc1C(C)NC(=O)CNCC1CC1.Cl. The van der Waals surface area contributed by atoms with Gasteiger partial charge in [-0.05, 0) is 45.2 Å². The van der Waals surface area contributed by atoms with Crippen LogP contribution in [0, 0.1) is 12.8 Å². The van der Waals surface area contributed by atoms with Gasteiger partial charge in [-0.25, -0.2) is 0 Å². The summed E-state index contributed by atoms with van der Waals surface area (Å²) < 4.78 is 5.36. The Bertz CT molecular complexity index is 475. The Morgan fingerprint density at radius 3 is 2.76 bits per heavy atom. The lowest BCUT2D eigenvalue weighted by atomic mass is 10.0. The molecule has 1 amide bonds. The fourth-order valence-corrected chi connectivity index (χ4v) is 2.27. The Hall–Kier alpha value is -1.26. The van der Waals surface area contributed by atoms with Crippen LogP contribution in [0.2, 0.25) is 0 Å². The average Bonchev–Trinajstić information content (AvgIpc) is 3.22. The van der Waals surface area contributed by atoms with E-state index in [0.29, 0.717) is 6.54 Å². The van der Waals surface area contributed by atoms with Crippen molar-refractivity contribution in [2.75, 3.05) is 20.2 Å². The Labute approximate surface area is 133 Å². The summed E-state index contributed by atoms with van der Waals surface area (Å²) in [5.41, 5.74) is 2.18. The Morgan fingerprint density at radius 2 is 2.14 bits per heavy atom. The molecule has 0 aliphatic heterocycles. The van der Waals surface area contributed by atoms with Gasteiger partial charge in [-0.1, -0.05) is 17.7 Å². The summed E-state index contributed by atoms with van der Waals surface area (Å²) in [6.45, 7) is 5.36. The number of hydrogen-bond donors (Lipinski definition) is 2. The fraction of sp³-hybridized carbons (Fsp3) is 0.562. The van der Waals surface area contributed by atoms with Crippen molar-refractivity contribution < 1.29 is 9.53 Å². The van der Waals surface area contributed by atoms with Crippen molar-refractivity contribution in [1.82, 2.24) is 10.6 Å². The van der Waals surface area contributed by atoms with E-state index in [2.05, 4.69) is 16.7 Å². The first-order chi connectivity index (χ1) is 9.60. The summed E-state index contributed by atoms with van der Waals surface area (Å²) >= 11 is 0. The van der Waals surface area contributed by atoms with Crippen LogP contribution in [0.3, 0.4) is 0 Å². The quantitative estimate of drug-likeness (QED) is 0.813. The first-order valence-electron chi connectivity index (χ1n) is 7.24. The van der Waals surface area contributed by atoms with E-state index >= 15 is 0 Å². The second-order valence-electron chi connectivity index (χ2n) is 5.61. The van der Waals surface area contributed by atoms with E-state index in [-0.39, 0.29) is 24.4 Å². The van der Waals surface area contributed by atoms with Crippen molar-refractivity contribution in [2.24, 2.45) is 5.92 Å². The molecule has 0 heterocycles. The van der Waals surface area contributed by atoms with E-state index in [1.165, 1.54) is 12.8 Å². The zero-order valence-corrected chi connectivity index (χ0v) is 13.8. The van der Waals surface area contributed by atoms with Crippen LogP contribution in [0.1, 0.15) is 36.9 Å². The van der Waals surface area contributed by atoms with Crippen molar-refractivity contribution in [3.8, 4) is 5.75 Å². The molecule has 2 rings (SSSR count). The molecule has 1 fully saturated rings. The molecule has 1 saturated carbocycles. The molecule has 1 unspecified atom stereocenters. The van der Waals surface area contributed by atoms with Gasteiger partial charge in [-0.3, -0.25) is 4.79 Å². The van der Waals surface area contributed by atoms with E-state index < -0.39 is 0 Å². The van der Waals surface area contributed by atoms with E-state index in [0.717, 1.165) is 29.3 Å². The molecule has 21 heavy (non-hydrogen) atoms. The highest BCUT2D eigenvalue weighted by Crippen LogP contribution is 2.27. The number of ether oxygens (including phenoxy) is 1. The highest BCUT2D eigenvalue weighted by molar-refractivity contribution is 5.85. The van der Waals surface area contributed by atoms with Crippen LogP contribution in [0.4, 0.5) is 0 Å². The second kappa shape index (κ2) is 8.25. The topological polar surface area (TPSA) is 50.4 Å². The fourth-order valence-electron chi connectivity index (χ4n) is 2.27. The Kier molecular flexibility index (Phi) is 6.99. The van der Waals surface area contributed by atoms with Gasteiger partial charge in [-0.2, -0.15) is 0 Å². The molecular formula is C16H25ClN2O2. The number of carbonyl (C=O) groups excluding carboxylic acids is 1. The molecule has 0 bridgehead atoms. The van der Waals surface area contributed by atoms with Crippen molar-refractivity contribution in [3.05, 3.63) is 29.3 Å². The van der Waals surface area contributed by atoms with Gasteiger partial charge in [0, 0.05) is 5.56 Å². The van der Waals surface area contributed by atoms with Crippen molar-refractivity contribution in [3.63, 3.8) is 0 Å². The van der Waals surface area contributed by atoms with E-state index in [9.17, 15) is 4.79 Å². The Morgan fingerprint density at radius 1 is 1.43 bits per heavy atom. The molecule has 1 atom stereocenters. The lowest BCUT2D eigenvalue weighted by Gasteiger charge is -2.18. The summed E-state index contributed by atoms with van der Waals surface area (Å²) in [7, 11) is 1.65. The predicted octanol–water partition coefficient (Wildman–Crippen LogP) is 2.60. The number of rotatable bonds is 7. The third kappa shape index (κ3) is 5.56. The first-order valence-corrected chi connectivity index (χ1v) is 7.24. The number of benzene rings is 1. The normalized spacial score (nSPS) is 15.0. The number of methoxy groups -OCH3 is 1. The molecular weight excluding hydrogens is 288 g/mol. The van der Waals surface area contributed by atoms with Gasteiger partial charge in [0.15, 0.2) is 0 Å². The summed E-state index contributed by atoms with van der Waals surface area (Å²) in [6, 6.07) is 5.95. The molecule has 2 N–H and O–H groups in total. The largest absolute Gasteiger partial charge is 0.496 e. The summed E-state index contributed by atoms with van der Waals surface area (Å²) in [4.78, 5) is 11.9. The number of amides is 1. The molecule has 0 spiro atoms. The van der Waals surface area contributed by atoms with Crippen molar-refractivity contribution in [2.45, 2.75) is 32.7 Å². The highest BCUT2D eigenvalue weighted by Gasteiger charge is 2.21. The molecule has 1 aliphatic rings. The van der Waals surface area contributed by atoms with Gasteiger partial charge < -0.3 is 15.4 Å². The van der Waals surface area contributed by atoms with Crippen LogP contribution in [0.5, 0.6) is 5.75 Å². The maximum atomic E-state index is 11.9. The average molecular weight is 313 g/mol. The first kappa shape index (κ1) is 17.8. The number of aryl methyl sites for hydroxylation is 1. The van der Waals surface area contributed by atoms with Gasteiger partial charge in [0.2, 0.25) is 5.91 Å². The van der Waals surface area contributed by atoms with E-state index in [1.54, 1.807) is 7.11 Å². The molecule has 118 valence electrons. The summed E-state index contributed by atoms with van der Waals surface area (Å²) in [5.74, 6) is 1.63. The third-order valence-electron chi connectivity index (χ3n) is 3.64. The zero-order valence-electron chi connectivity index (χ0n) is 12.9. The number of carbonyl (C=O) groups is 1. The minimum absolute atomic E-state index is 0. The minimum atomic E-state index is -0.0555. The van der Waals surface area contributed by atoms with Crippen molar-refractivity contribution in [1.29, 1.82) is 0 Å². The van der Waals surface area contributed by atoms with Crippen LogP contribution in [-0.4, -0.2) is 26.1 Å². The van der Waals surface area contributed by atoms with Gasteiger partial charge in [0.1, 0.15) is 5.75 Å². The van der Waals surface area contributed by atoms with Gasteiger partial charge >= 0.3 is 0 Å². The van der Waals surface area contributed by atoms with E-state index in [4.69, 9.17) is 4.74 Å². The summed E-state index contributed by atoms with van der Waals surface area (Å²) in [5, 5.41) is 6.21. The molecule has 1 aromatic carbocycles. The third-order valence-corrected chi connectivity index (χ3v) is 3.64. The minimum Gasteiger partial charge on any atom is -0.496 e. The second-order valence-corrected chi connectivity index (χ2v) is 5.61. The maximum Gasteiger partial charge on any atom is 0.234 e. The monoisotopic (exact) mass is 312 g/mol. The van der Waals surface area contributed by atoms with Crippen LogP contribution >= 0.6 is 12.4 Å². The Balaban J connectivity index is 0.00000220. The number of halogens is 1. The highest BCUT2D eigenvalue weighted by atomic mass is 35.5. The smallest absolute Gasteiger partial charge is 0.234 e. The summed E-state index contributed by atoms with van der Waals surface area (Å²) in [6.07, 6.45) is 2.59. The molecule has 0 aromatic heterocycles. The van der Waals surface area contributed by atoms with Crippen LogP contribution < -0.4 is 15.4 Å². The number of hydrogen-bond acceptors (Lipinski definition) is 3. The molecule has 5 heteroatoms. The lowest BCUT2D eigenvalue weighted by molar-refractivity contribution is -0.120. The van der Waals surface area contributed by atoms with E-state index in [1.807, 2.05) is 26.0 Å². The molecule has 1 aliphatic carbocycles. The van der Waals surface area contributed by atoms with Crippen LogP contribution in [-0.2, 0) is 4.79 Å². The van der Waals surface area contributed by atoms with Crippen LogP contribution in [0.25, 0.3) is 0 Å². The molecule has 0 saturated heterocycles. The zero-order chi connectivity index (χ0) is 14.5. The lowest BCUT2D eigenvalue weighted by Crippen LogP contribution is -2.36. The molecule has 4 nitrogen and oxygen atoms in total. The number of nitrogens with one attached hydrogen (secondary N) is 2. The van der Waals surface area contributed by atoms with Gasteiger partial charge in [0.05, 0.1) is 19.7 Å². The molecule has 1 aromatic rings. The van der Waals surface area contributed by atoms with Crippen LogP contribution in [0.15, 0.2) is 18.2 Å². The standard InChI is InChI=1S/C16H24N2O2.ClH/c1-11-4-7-15(20-3)14(8-11)12(2)18-16(19)10-17-9-13-5-6-13;/h4,7-8,12-13,17H,5-6,9-10H2,1-3H3,(H,18,19);1H. The molecule has 0 radical (unpaired) electrons. The van der Waals surface area contributed by atoms with Crippen molar-refractivity contribution >= 4 is 18.3 Å². The van der Waals surface area contributed by atoms with Gasteiger partial charge in [-0.15, -0.1) is 12.4 Å². The van der Waals surface area contributed by atoms with Gasteiger partial charge in [0.25, 0.3) is 0 Å². The predicted molar refractivity (Wildman–Crippen MR) is 87.1 cm³/mol.